The van der Waals surface area contributed by atoms with Crippen molar-refractivity contribution < 1.29 is 43.5 Å². The Bertz CT molecular complexity index is 1830. The van der Waals surface area contributed by atoms with E-state index in [4.69, 9.17) is 25.4 Å². The number of benzene rings is 1. The number of nitrogens with two attached hydrogens (primary N) is 1. The van der Waals surface area contributed by atoms with Crippen LogP contribution < -0.4 is 17.2 Å². The molecule has 2 fully saturated rings. The summed E-state index contributed by atoms with van der Waals surface area (Å²) in [4.78, 5) is 28.0. The molecule has 250 valence electrons. The molecule has 0 saturated carbocycles. The normalized spacial score (nSPS) is 26.9. The van der Waals surface area contributed by atoms with E-state index in [1.165, 1.54) is 12.7 Å². The molecule has 1 amide bonds. The van der Waals surface area contributed by atoms with E-state index < -0.39 is 68.3 Å². The van der Waals surface area contributed by atoms with Gasteiger partial charge in [-0.1, -0.05) is 28.6 Å². The predicted molar refractivity (Wildman–Crippen MR) is 154 cm³/mol. The van der Waals surface area contributed by atoms with Crippen LogP contribution in [-0.2, 0) is 9.47 Å². The molecule has 1 aromatic carbocycles. The maximum Gasteiger partial charge on any atom is 0.256 e. The number of carbonyl (C=O) groups excluding carboxylic acids is 1. The molecule has 0 bridgehead atoms. The number of fused-ring (bicyclic) bond motifs is 2. The van der Waals surface area contributed by atoms with Gasteiger partial charge in [0, 0.05) is 5.56 Å². The molecule has 0 unspecified atom stereocenters. The third kappa shape index (κ3) is 6.12. The average molecular weight is 662 g/mol. The molecule has 20 nitrogen and oxygen atoms in total. The molecule has 2 aliphatic rings. The van der Waals surface area contributed by atoms with E-state index in [1.54, 1.807) is 30.3 Å². The minimum atomic E-state index is -1.83. The first-order valence-electron chi connectivity index (χ1n) is 13.6. The van der Waals surface area contributed by atoms with Gasteiger partial charge in [-0.3, -0.25) is 4.79 Å². The molecule has 2 aliphatic heterocycles. The lowest BCUT2D eigenvalue weighted by molar-refractivity contribution is -0.0512. The van der Waals surface area contributed by atoms with Crippen LogP contribution in [0.1, 0.15) is 22.8 Å². The first-order valence-corrected chi connectivity index (χ1v) is 13.6. The van der Waals surface area contributed by atoms with Crippen molar-refractivity contribution in [1.82, 2.24) is 56.1 Å². The second-order valence-corrected chi connectivity index (χ2v) is 10.1. The van der Waals surface area contributed by atoms with Crippen molar-refractivity contribution in [2.45, 2.75) is 49.2 Å². The molecule has 7 rings (SSSR count). The van der Waals surface area contributed by atoms with Crippen LogP contribution in [-0.4, -0.2) is 126 Å². The monoisotopic (exact) mass is 661 g/mol. The Morgan fingerprint density at radius 1 is 0.830 bits per heavy atom. The first-order chi connectivity index (χ1) is 22.2. The number of nitrogens with one attached hydrogen (secondary N) is 1. The number of amides is 1. The summed E-state index contributed by atoms with van der Waals surface area (Å²) in [5.41, 5.74) is 6.70. The highest BCUT2D eigenvalue weighted by Gasteiger charge is 2.47. The van der Waals surface area contributed by atoms with Crippen molar-refractivity contribution in [3.05, 3.63) is 48.5 Å². The van der Waals surface area contributed by atoms with Crippen molar-refractivity contribution in [2.24, 2.45) is 0 Å². The SMILES string of the molecule is N.Nc1ncnc2c1nnn2[C@@H]1O[C@H](CO)[C@@H](O)[C@@H]1F.O=C(Nc1ncnc2c1nnn2[C@@H]1O[C@H](CO)[C@@H](O)[C@@H]1F)c1ccccc1. The fourth-order valence-electron chi connectivity index (χ4n) is 4.85. The number of aliphatic hydroxyl groups is 4. The summed E-state index contributed by atoms with van der Waals surface area (Å²) in [6.07, 6.45) is -8.78. The van der Waals surface area contributed by atoms with Gasteiger partial charge in [-0.15, -0.1) is 10.2 Å². The number of aromatic nitrogens is 10. The highest BCUT2D eigenvalue weighted by molar-refractivity contribution is 6.06. The first kappa shape index (κ1) is 33.4. The maximum atomic E-state index is 14.4. The lowest BCUT2D eigenvalue weighted by atomic mass is 10.1. The molecule has 47 heavy (non-hydrogen) atoms. The Morgan fingerprint density at radius 3 is 1.87 bits per heavy atom. The number of hydrogen-bond donors (Lipinski definition) is 7. The molecule has 8 atom stereocenters. The summed E-state index contributed by atoms with van der Waals surface area (Å²) >= 11 is 0. The number of halogens is 2. The van der Waals surface area contributed by atoms with Crippen LogP contribution in [0.5, 0.6) is 0 Å². The maximum absolute atomic E-state index is 14.4. The average Bonchev–Trinajstić information content (AvgIpc) is 3.83. The number of hydrogen-bond acceptors (Lipinski definition) is 17. The third-order valence-corrected chi connectivity index (χ3v) is 7.25. The van der Waals surface area contributed by atoms with Crippen LogP contribution in [0.4, 0.5) is 20.4 Å². The van der Waals surface area contributed by atoms with E-state index in [0.29, 0.717) is 5.56 Å². The highest BCUT2D eigenvalue weighted by Crippen LogP contribution is 2.34. The van der Waals surface area contributed by atoms with Gasteiger partial charge < -0.3 is 47.1 Å². The number of rotatable bonds is 6. The molecule has 2 saturated heterocycles. The molecular weight excluding hydrogens is 632 g/mol. The van der Waals surface area contributed by atoms with Gasteiger partial charge in [-0.25, -0.2) is 28.7 Å². The van der Waals surface area contributed by atoms with Crippen LogP contribution in [0.2, 0.25) is 0 Å². The summed E-state index contributed by atoms with van der Waals surface area (Å²) in [5, 5.41) is 55.3. The van der Waals surface area contributed by atoms with Crippen LogP contribution in [0.25, 0.3) is 22.3 Å². The fraction of sp³-hybridized carbons (Fsp3) is 0.400. The smallest absolute Gasteiger partial charge is 0.256 e. The van der Waals surface area contributed by atoms with E-state index in [-0.39, 0.29) is 40.1 Å². The van der Waals surface area contributed by atoms with Crippen molar-refractivity contribution in [1.29, 1.82) is 0 Å². The second kappa shape index (κ2) is 13.8. The molecule has 0 spiro atoms. The van der Waals surface area contributed by atoms with Gasteiger partial charge in [0.2, 0.25) is 0 Å². The molecular formula is C25H29F2N13O7. The van der Waals surface area contributed by atoms with Crippen LogP contribution in [0.15, 0.2) is 43.0 Å². The van der Waals surface area contributed by atoms with Gasteiger partial charge >= 0.3 is 0 Å². The van der Waals surface area contributed by atoms with Gasteiger partial charge in [0.15, 0.2) is 58.8 Å². The van der Waals surface area contributed by atoms with Crippen LogP contribution >= 0.6 is 0 Å². The Labute approximate surface area is 261 Å². The molecule has 10 N–H and O–H groups in total. The largest absolute Gasteiger partial charge is 0.394 e. The Morgan fingerprint density at radius 2 is 1.34 bits per heavy atom. The van der Waals surface area contributed by atoms with Gasteiger partial charge in [0.1, 0.15) is 37.1 Å². The van der Waals surface area contributed by atoms with Gasteiger partial charge in [0.05, 0.1) is 13.2 Å². The number of anilines is 2. The zero-order valence-electron chi connectivity index (χ0n) is 24.1. The number of nitrogens with zero attached hydrogens (tertiary/aromatic N) is 10. The van der Waals surface area contributed by atoms with E-state index >= 15 is 0 Å². The third-order valence-electron chi connectivity index (χ3n) is 7.25. The molecule has 4 aromatic heterocycles. The van der Waals surface area contributed by atoms with E-state index in [0.717, 1.165) is 9.36 Å². The van der Waals surface area contributed by atoms with Crippen LogP contribution in [0, 0.1) is 0 Å². The fourth-order valence-corrected chi connectivity index (χ4v) is 4.85. The quantitative estimate of drug-likeness (QED) is 0.110. The molecule has 0 radical (unpaired) electrons. The summed E-state index contributed by atoms with van der Waals surface area (Å²) in [5.74, 6) is -0.182. The Balaban J connectivity index is 0.000000191. The van der Waals surface area contributed by atoms with E-state index in [2.05, 4.69) is 45.9 Å². The second-order valence-electron chi connectivity index (χ2n) is 10.1. The number of nitrogen functional groups attached to an aromatic ring is 1. The number of aliphatic hydroxyl groups excluding tert-OH is 4. The summed E-state index contributed by atoms with van der Waals surface area (Å²) in [6.45, 7) is -1.04. The van der Waals surface area contributed by atoms with E-state index in [9.17, 15) is 23.8 Å². The van der Waals surface area contributed by atoms with E-state index in [1.807, 2.05) is 0 Å². The summed E-state index contributed by atoms with van der Waals surface area (Å²) < 4.78 is 41.0. The van der Waals surface area contributed by atoms with Gasteiger partial charge in [-0.05, 0) is 12.1 Å². The Hall–Kier alpha value is -4.97. The molecule has 0 aliphatic carbocycles. The van der Waals surface area contributed by atoms with Gasteiger partial charge in [0.25, 0.3) is 5.91 Å². The van der Waals surface area contributed by atoms with Crippen molar-refractivity contribution in [3.63, 3.8) is 0 Å². The summed E-state index contributed by atoms with van der Waals surface area (Å²) in [7, 11) is 0. The zero-order chi connectivity index (χ0) is 32.5. The standard InChI is InChI=1S/C16H15FN6O4.C9H11FN6O3.H3N/c17-10-12(25)9(6-24)27-16(10)23-14-11(21-22-23)13(18-7-19-14)20-15(26)8-4-2-1-3-5-8;10-4-6(18)3(1-17)19-9(4)16-8-5(14-15-16)7(11)12-2-13-8;/h1-5,7,9-10,12,16,24-25H,6H2,(H,18,19,20,26);2-4,6,9,17-18H,1H2,(H2,11,12,13);1H3/t9-,10+,12-,16-;3-,4+,6-,9-;/m11./s1. The minimum absolute atomic E-state index is 0. The Kier molecular flexibility index (Phi) is 9.80. The highest BCUT2D eigenvalue weighted by atomic mass is 19.1. The zero-order valence-corrected chi connectivity index (χ0v) is 24.1. The summed E-state index contributed by atoms with van der Waals surface area (Å²) in [6, 6.07) is 8.52. The molecule has 22 heteroatoms. The lowest BCUT2D eigenvalue weighted by Crippen LogP contribution is -2.30. The molecule has 5 aromatic rings. The van der Waals surface area contributed by atoms with Crippen molar-refractivity contribution in [3.8, 4) is 0 Å². The number of ether oxygens (including phenoxy) is 2. The lowest BCUT2D eigenvalue weighted by Gasteiger charge is -2.13. The van der Waals surface area contributed by atoms with Crippen LogP contribution in [0.3, 0.4) is 0 Å². The van der Waals surface area contributed by atoms with Gasteiger partial charge in [-0.2, -0.15) is 9.36 Å². The topological polar surface area (TPSA) is 302 Å². The van der Waals surface area contributed by atoms with Crippen molar-refractivity contribution >= 4 is 39.9 Å². The number of alkyl halides is 2. The molecule has 6 heterocycles. The predicted octanol–water partition coefficient (Wildman–Crippen LogP) is -1.38. The number of carbonyl (C=O) groups is 1. The van der Waals surface area contributed by atoms with Crippen molar-refractivity contribution in [2.75, 3.05) is 24.3 Å². The minimum Gasteiger partial charge on any atom is -0.394 e.